The van der Waals surface area contributed by atoms with Crippen molar-refractivity contribution in [2.45, 2.75) is 77.3 Å². The molecule has 1 heterocycles. The smallest absolute Gasteiger partial charge is 0.225 e. The fraction of sp³-hybridized carbons (Fsp3) is 0.944. The normalized spacial score (nSPS) is 39.8. The molecule has 3 fully saturated rings. The molecule has 1 amide bonds. The quantitative estimate of drug-likeness (QED) is 0.868. The van der Waals surface area contributed by atoms with Crippen LogP contribution < -0.4 is 5.73 Å². The number of fused-ring (bicyclic) bond motifs is 2. The number of likely N-dealkylation sites (tertiary alicyclic amines) is 1. The Morgan fingerprint density at radius 1 is 1.14 bits per heavy atom. The summed E-state index contributed by atoms with van der Waals surface area (Å²) >= 11 is 0. The highest BCUT2D eigenvalue weighted by molar-refractivity contribution is 5.79. The van der Waals surface area contributed by atoms with Gasteiger partial charge in [-0.3, -0.25) is 4.79 Å². The summed E-state index contributed by atoms with van der Waals surface area (Å²) < 4.78 is 0. The minimum atomic E-state index is 0.271. The first-order chi connectivity index (χ1) is 10.1. The average Bonchev–Trinajstić information content (AvgIpc) is 2.84. The van der Waals surface area contributed by atoms with E-state index < -0.39 is 0 Å². The predicted molar refractivity (Wildman–Crippen MR) is 85.7 cm³/mol. The Bertz CT molecular complexity index is 367. The van der Waals surface area contributed by atoms with Crippen molar-refractivity contribution in [1.29, 1.82) is 0 Å². The van der Waals surface area contributed by atoms with E-state index in [0.717, 1.165) is 19.4 Å². The third kappa shape index (κ3) is 3.13. The Labute approximate surface area is 129 Å². The number of hydrogen-bond donors (Lipinski definition) is 1. The van der Waals surface area contributed by atoms with Crippen LogP contribution in [-0.2, 0) is 4.79 Å². The fourth-order valence-corrected chi connectivity index (χ4v) is 5.14. The van der Waals surface area contributed by atoms with E-state index in [1.165, 1.54) is 38.5 Å². The van der Waals surface area contributed by atoms with E-state index in [9.17, 15) is 4.79 Å². The van der Waals surface area contributed by atoms with Crippen LogP contribution in [0.25, 0.3) is 0 Å². The fourth-order valence-electron chi connectivity index (χ4n) is 5.14. The lowest BCUT2D eigenvalue weighted by atomic mass is 9.65. The molecule has 3 nitrogen and oxygen atoms in total. The molecule has 0 spiro atoms. The maximum atomic E-state index is 13.0. The summed E-state index contributed by atoms with van der Waals surface area (Å²) in [4.78, 5) is 15.2. The highest BCUT2D eigenvalue weighted by Crippen LogP contribution is 2.43. The summed E-state index contributed by atoms with van der Waals surface area (Å²) in [5.74, 6) is 2.63. The van der Waals surface area contributed by atoms with Gasteiger partial charge in [0.25, 0.3) is 0 Å². The average molecular weight is 292 g/mol. The lowest BCUT2D eigenvalue weighted by Crippen LogP contribution is -2.50. The van der Waals surface area contributed by atoms with Crippen molar-refractivity contribution in [2.24, 2.45) is 29.4 Å². The maximum absolute atomic E-state index is 13.0. The number of amides is 1. The van der Waals surface area contributed by atoms with E-state index >= 15 is 0 Å². The topological polar surface area (TPSA) is 46.3 Å². The first-order valence-corrected chi connectivity index (χ1v) is 9.12. The second kappa shape index (κ2) is 6.28. The molecule has 2 bridgehead atoms. The molecule has 0 aromatic heterocycles. The zero-order chi connectivity index (χ0) is 15.0. The first-order valence-electron chi connectivity index (χ1n) is 9.12. The largest absolute Gasteiger partial charge is 0.339 e. The Kier molecular flexibility index (Phi) is 4.58. The minimum absolute atomic E-state index is 0.271. The van der Waals surface area contributed by atoms with Crippen LogP contribution in [0.15, 0.2) is 0 Å². The second-order valence-electron chi connectivity index (χ2n) is 8.15. The molecule has 3 unspecified atom stereocenters. The molecule has 0 aromatic carbocycles. The van der Waals surface area contributed by atoms with E-state index in [-0.39, 0.29) is 5.92 Å². The van der Waals surface area contributed by atoms with Gasteiger partial charge in [-0.2, -0.15) is 0 Å². The van der Waals surface area contributed by atoms with Crippen molar-refractivity contribution in [3.8, 4) is 0 Å². The first kappa shape index (κ1) is 15.3. The molecule has 3 rings (SSSR count). The van der Waals surface area contributed by atoms with Crippen molar-refractivity contribution in [3.63, 3.8) is 0 Å². The Hall–Kier alpha value is -0.570. The molecule has 120 valence electrons. The molecule has 1 saturated heterocycles. The van der Waals surface area contributed by atoms with Gasteiger partial charge in [-0.25, -0.2) is 0 Å². The van der Waals surface area contributed by atoms with Gasteiger partial charge in [0, 0.05) is 24.5 Å². The molecule has 1 aliphatic heterocycles. The van der Waals surface area contributed by atoms with Crippen LogP contribution >= 0.6 is 0 Å². The van der Waals surface area contributed by atoms with Gasteiger partial charge in [-0.05, 0) is 62.7 Å². The van der Waals surface area contributed by atoms with Crippen molar-refractivity contribution in [1.82, 2.24) is 4.90 Å². The predicted octanol–water partition coefficient (Wildman–Crippen LogP) is 3.18. The SMILES string of the molecule is CC(C)CC1CCCN1C(=O)C1CC2CCCC(C1)C2N. The second-order valence-corrected chi connectivity index (χ2v) is 8.15. The van der Waals surface area contributed by atoms with E-state index in [4.69, 9.17) is 5.73 Å². The molecule has 0 radical (unpaired) electrons. The lowest BCUT2D eigenvalue weighted by Gasteiger charge is -2.44. The van der Waals surface area contributed by atoms with Gasteiger partial charge in [0.15, 0.2) is 0 Å². The van der Waals surface area contributed by atoms with Gasteiger partial charge in [0.05, 0.1) is 0 Å². The minimum Gasteiger partial charge on any atom is -0.339 e. The highest BCUT2D eigenvalue weighted by Gasteiger charge is 2.43. The zero-order valence-electron chi connectivity index (χ0n) is 13.8. The Balaban J connectivity index is 1.65. The molecule has 3 heteroatoms. The standard InChI is InChI=1S/C18H32N2O/c1-12(2)9-16-7-4-8-20(16)18(21)15-10-13-5-3-6-14(11-15)17(13)19/h12-17H,3-11,19H2,1-2H3. The Morgan fingerprint density at radius 2 is 1.81 bits per heavy atom. The van der Waals surface area contributed by atoms with Crippen LogP contribution in [0.2, 0.25) is 0 Å². The molecule has 3 atom stereocenters. The summed E-state index contributed by atoms with van der Waals surface area (Å²) in [7, 11) is 0. The van der Waals surface area contributed by atoms with E-state index in [0.29, 0.717) is 35.7 Å². The van der Waals surface area contributed by atoms with E-state index in [2.05, 4.69) is 18.7 Å². The van der Waals surface area contributed by atoms with Crippen molar-refractivity contribution in [2.75, 3.05) is 6.54 Å². The van der Waals surface area contributed by atoms with Crippen molar-refractivity contribution >= 4 is 5.91 Å². The van der Waals surface area contributed by atoms with Crippen LogP contribution in [0.1, 0.15) is 65.2 Å². The van der Waals surface area contributed by atoms with Crippen LogP contribution in [0.4, 0.5) is 0 Å². The van der Waals surface area contributed by atoms with Gasteiger partial charge in [0.1, 0.15) is 0 Å². The molecule has 3 aliphatic rings. The summed E-state index contributed by atoms with van der Waals surface area (Å²) in [5.41, 5.74) is 6.37. The molecular formula is C18H32N2O. The summed E-state index contributed by atoms with van der Waals surface area (Å²) in [5, 5.41) is 0. The van der Waals surface area contributed by atoms with Gasteiger partial charge in [-0.1, -0.05) is 20.3 Å². The van der Waals surface area contributed by atoms with Crippen molar-refractivity contribution in [3.05, 3.63) is 0 Å². The number of hydrogen-bond acceptors (Lipinski definition) is 2. The molecule has 2 N–H and O–H groups in total. The number of carbonyl (C=O) groups excluding carboxylic acids is 1. The summed E-state index contributed by atoms with van der Waals surface area (Å²) in [6.07, 6.45) is 9.51. The maximum Gasteiger partial charge on any atom is 0.225 e. The molecule has 21 heavy (non-hydrogen) atoms. The number of rotatable bonds is 3. The van der Waals surface area contributed by atoms with Gasteiger partial charge in [-0.15, -0.1) is 0 Å². The third-order valence-corrected chi connectivity index (χ3v) is 6.17. The van der Waals surface area contributed by atoms with Crippen LogP contribution in [0, 0.1) is 23.7 Å². The lowest BCUT2D eigenvalue weighted by molar-refractivity contribution is -0.139. The number of nitrogens with two attached hydrogens (primary N) is 1. The third-order valence-electron chi connectivity index (χ3n) is 6.17. The molecule has 2 saturated carbocycles. The van der Waals surface area contributed by atoms with Gasteiger partial charge >= 0.3 is 0 Å². The van der Waals surface area contributed by atoms with Crippen LogP contribution in [0.5, 0.6) is 0 Å². The van der Waals surface area contributed by atoms with Gasteiger partial charge < -0.3 is 10.6 Å². The summed E-state index contributed by atoms with van der Waals surface area (Å²) in [6, 6.07) is 0.876. The highest BCUT2D eigenvalue weighted by atomic mass is 16.2. The van der Waals surface area contributed by atoms with E-state index in [1.807, 2.05) is 0 Å². The molecular weight excluding hydrogens is 260 g/mol. The van der Waals surface area contributed by atoms with E-state index in [1.54, 1.807) is 0 Å². The Morgan fingerprint density at radius 3 is 2.43 bits per heavy atom. The molecule has 0 aromatic rings. The van der Waals surface area contributed by atoms with Gasteiger partial charge in [0.2, 0.25) is 5.91 Å². The van der Waals surface area contributed by atoms with Crippen LogP contribution in [0.3, 0.4) is 0 Å². The van der Waals surface area contributed by atoms with Crippen molar-refractivity contribution < 1.29 is 4.79 Å². The summed E-state index contributed by atoms with van der Waals surface area (Å²) in [6.45, 7) is 5.53. The number of carbonyl (C=O) groups is 1. The zero-order valence-corrected chi connectivity index (χ0v) is 13.8. The van der Waals surface area contributed by atoms with Crippen LogP contribution in [-0.4, -0.2) is 29.4 Å². The molecule has 2 aliphatic carbocycles. The monoisotopic (exact) mass is 292 g/mol. The number of nitrogens with zero attached hydrogens (tertiary/aromatic N) is 1.